The number of nitrogens with one attached hydrogen (secondary N) is 2. The zero-order valence-corrected chi connectivity index (χ0v) is 18.5. The van der Waals surface area contributed by atoms with Crippen LogP contribution in [0.1, 0.15) is 10.4 Å². The first kappa shape index (κ1) is 23.1. The van der Waals surface area contributed by atoms with Gasteiger partial charge in [0.05, 0.1) is 11.3 Å². The number of rotatable bonds is 8. The number of anilines is 2. The lowest BCUT2D eigenvalue weighted by Crippen LogP contribution is -2.21. The van der Waals surface area contributed by atoms with E-state index in [1.165, 1.54) is 18.2 Å². The van der Waals surface area contributed by atoms with Crippen LogP contribution in [-0.4, -0.2) is 36.9 Å². The summed E-state index contributed by atoms with van der Waals surface area (Å²) in [5.41, 5.74) is 1.04. The van der Waals surface area contributed by atoms with E-state index < -0.39 is 24.3 Å². The van der Waals surface area contributed by atoms with Crippen LogP contribution < -0.4 is 20.1 Å². The number of benzene rings is 3. The monoisotopic (exact) mass is 482 g/mol. The quantitative estimate of drug-likeness (QED) is 0.368. The molecule has 174 valence electrons. The smallest absolute Gasteiger partial charge is 0.339 e. The zero-order chi connectivity index (χ0) is 23.9. The second kappa shape index (κ2) is 10.7. The second-order valence-electron chi connectivity index (χ2n) is 7.04. The first-order valence-corrected chi connectivity index (χ1v) is 11.1. The van der Waals surface area contributed by atoms with Gasteiger partial charge < -0.3 is 24.8 Å². The summed E-state index contributed by atoms with van der Waals surface area (Å²) >= 11 is 1.16. The molecule has 3 aromatic carbocycles. The Morgan fingerprint density at radius 2 is 1.65 bits per heavy atom. The number of thioether (sulfide) groups is 1. The molecule has 0 saturated carbocycles. The van der Waals surface area contributed by atoms with Crippen LogP contribution in [0.4, 0.5) is 15.8 Å². The van der Waals surface area contributed by atoms with E-state index in [1.807, 2.05) is 0 Å². The summed E-state index contributed by atoms with van der Waals surface area (Å²) in [5.74, 6) is -0.881. The largest absolute Gasteiger partial charge is 0.454 e. The molecule has 1 aliphatic heterocycles. The molecule has 0 atom stereocenters. The van der Waals surface area contributed by atoms with Crippen molar-refractivity contribution < 1.29 is 33.0 Å². The van der Waals surface area contributed by atoms with Crippen LogP contribution >= 0.6 is 11.8 Å². The Balaban J connectivity index is 1.29. The molecule has 3 aromatic rings. The lowest BCUT2D eigenvalue weighted by molar-refractivity contribution is -0.119. The third-order valence-electron chi connectivity index (χ3n) is 4.56. The predicted octanol–water partition coefficient (Wildman–Crippen LogP) is 4.08. The van der Waals surface area contributed by atoms with Gasteiger partial charge in [0.25, 0.3) is 5.91 Å². The Kier molecular flexibility index (Phi) is 7.28. The minimum Gasteiger partial charge on any atom is -0.454 e. The first-order chi connectivity index (χ1) is 16.5. The summed E-state index contributed by atoms with van der Waals surface area (Å²) in [5, 5.41) is 5.22. The SMILES string of the molecule is O=C(COC(=O)c1ccccc1SCC(=O)Nc1ccc2c(c1)OCO2)Nc1cccc(F)c1. The van der Waals surface area contributed by atoms with Gasteiger partial charge in [-0.3, -0.25) is 9.59 Å². The molecule has 0 aromatic heterocycles. The van der Waals surface area contributed by atoms with Crippen molar-refractivity contribution in [3.63, 3.8) is 0 Å². The highest BCUT2D eigenvalue weighted by molar-refractivity contribution is 8.00. The van der Waals surface area contributed by atoms with E-state index in [1.54, 1.807) is 42.5 Å². The molecule has 0 saturated heterocycles. The van der Waals surface area contributed by atoms with Crippen LogP contribution in [0, 0.1) is 5.82 Å². The van der Waals surface area contributed by atoms with Crippen LogP contribution in [0.25, 0.3) is 0 Å². The average molecular weight is 482 g/mol. The van der Waals surface area contributed by atoms with Gasteiger partial charge in [-0.25, -0.2) is 9.18 Å². The predicted molar refractivity (Wildman–Crippen MR) is 124 cm³/mol. The number of halogens is 1. The molecule has 0 aliphatic carbocycles. The van der Waals surface area contributed by atoms with Crippen LogP contribution in [0.5, 0.6) is 11.5 Å². The normalized spacial score (nSPS) is 11.6. The Hall–Kier alpha value is -4.05. The fraction of sp³-hybridized carbons (Fsp3) is 0.125. The Labute approximate surface area is 198 Å². The molecule has 0 spiro atoms. The van der Waals surface area contributed by atoms with Crippen LogP contribution in [0.3, 0.4) is 0 Å². The molecule has 0 radical (unpaired) electrons. The van der Waals surface area contributed by atoms with Crippen molar-refractivity contribution in [2.75, 3.05) is 29.8 Å². The third kappa shape index (κ3) is 6.04. The Morgan fingerprint density at radius 3 is 2.50 bits per heavy atom. The minimum absolute atomic E-state index is 0.0405. The lowest BCUT2D eigenvalue weighted by Gasteiger charge is -2.10. The van der Waals surface area contributed by atoms with Gasteiger partial charge >= 0.3 is 5.97 Å². The fourth-order valence-electron chi connectivity index (χ4n) is 3.05. The highest BCUT2D eigenvalue weighted by atomic mass is 32.2. The van der Waals surface area contributed by atoms with Crippen LogP contribution in [0.15, 0.2) is 71.6 Å². The number of hydrogen-bond donors (Lipinski definition) is 2. The maximum absolute atomic E-state index is 13.2. The molecule has 2 N–H and O–H groups in total. The molecule has 0 unspecified atom stereocenters. The number of carbonyl (C=O) groups excluding carboxylic acids is 3. The molecule has 0 fully saturated rings. The van der Waals surface area contributed by atoms with Crippen molar-refractivity contribution in [3.8, 4) is 11.5 Å². The highest BCUT2D eigenvalue weighted by Crippen LogP contribution is 2.34. The maximum Gasteiger partial charge on any atom is 0.339 e. The van der Waals surface area contributed by atoms with E-state index >= 15 is 0 Å². The molecule has 0 bridgehead atoms. The van der Waals surface area contributed by atoms with E-state index in [0.29, 0.717) is 22.1 Å². The van der Waals surface area contributed by atoms with Gasteiger partial charge in [0, 0.05) is 22.3 Å². The van der Waals surface area contributed by atoms with E-state index in [4.69, 9.17) is 14.2 Å². The first-order valence-electron chi connectivity index (χ1n) is 10.1. The van der Waals surface area contributed by atoms with Gasteiger partial charge in [-0.05, 0) is 42.5 Å². The zero-order valence-electron chi connectivity index (χ0n) is 17.7. The van der Waals surface area contributed by atoms with Crippen molar-refractivity contribution in [2.45, 2.75) is 4.90 Å². The second-order valence-corrected chi connectivity index (χ2v) is 8.05. The molecular formula is C24H19FN2O6S. The van der Waals surface area contributed by atoms with Crippen molar-refractivity contribution in [1.82, 2.24) is 0 Å². The number of carbonyl (C=O) groups is 3. The molecule has 4 rings (SSSR count). The van der Waals surface area contributed by atoms with Gasteiger partial charge in [0.1, 0.15) is 5.82 Å². The van der Waals surface area contributed by atoms with Crippen molar-refractivity contribution in [2.24, 2.45) is 0 Å². The van der Waals surface area contributed by atoms with Crippen molar-refractivity contribution in [3.05, 3.63) is 78.1 Å². The molecule has 1 aliphatic rings. The number of hydrogen-bond acceptors (Lipinski definition) is 7. The molecule has 10 heteroatoms. The number of fused-ring (bicyclic) bond motifs is 1. The molecule has 2 amide bonds. The van der Waals surface area contributed by atoms with Crippen LogP contribution in [-0.2, 0) is 14.3 Å². The van der Waals surface area contributed by atoms with Crippen molar-refractivity contribution >= 4 is 40.9 Å². The Morgan fingerprint density at radius 1 is 0.882 bits per heavy atom. The van der Waals surface area contributed by atoms with Gasteiger partial charge in [-0.1, -0.05) is 18.2 Å². The van der Waals surface area contributed by atoms with Crippen LogP contribution in [0.2, 0.25) is 0 Å². The maximum atomic E-state index is 13.2. The molecule has 34 heavy (non-hydrogen) atoms. The summed E-state index contributed by atoms with van der Waals surface area (Å²) in [6.45, 7) is -0.402. The van der Waals surface area contributed by atoms with Crippen molar-refractivity contribution in [1.29, 1.82) is 0 Å². The fourth-order valence-corrected chi connectivity index (χ4v) is 3.89. The summed E-state index contributed by atoms with van der Waals surface area (Å²) in [4.78, 5) is 37.4. The van der Waals surface area contributed by atoms with Gasteiger partial charge in [-0.15, -0.1) is 11.8 Å². The number of esters is 1. The topological polar surface area (TPSA) is 103 Å². The standard InChI is InChI=1S/C24H19FN2O6S/c25-15-4-3-5-16(10-15)26-22(28)12-31-24(30)18-6-1-2-7-21(18)34-13-23(29)27-17-8-9-19-20(11-17)33-14-32-19/h1-11H,12-14H2,(H,26,28)(H,27,29). The summed E-state index contributed by atoms with van der Waals surface area (Å²) in [6.07, 6.45) is 0. The highest BCUT2D eigenvalue weighted by Gasteiger charge is 2.17. The Bertz CT molecular complexity index is 1240. The van der Waals surface area contributed by atoms with Gasteiger partial charge in [0.15, 0.2) is 18.1 Å². The summed E-state index contributed by atoms with van der Waals surface area (Å²) in [7, 11) is 0. The molecule has 1 heterocycles. The minimum atomic E-state index is -0.714. The lowest BCUT2D eigenvalue weighted by atomic mass is 10.2. The van der Waals surface area contributed by atoms with Gasteiger partial charge in [0.2, 0.25) is 12.7 Å². The third-order valence-corrected chi connectivity index (χ3v) is 5.64. The van der Waals surface area contributed by atoms with E-state index in [0.717, 1.165) is 17.8 Å². The average Bonchev–Trinajstić information content (AvgIpc) is 3.29. The van der Waals surface area contributed by atoms with E-state index in [2.05, 4.69) is 10.6 Å². The summed E-state index contributed by atoms with van der Waals surface area (Å²) < 4.78 is 28.9. The van der Waals surface area contributed by atoms with E-state index in [-0.39, 0.29) is 29.7 Å². The number of ether oxygens (including phenoxy) is 3. The summed E-state index contributed by atoms with van der Waals surface area (Å²) in [6, 6.07) is 17.1. The molecular weight excluding hydrogens is 463 g/mol. The molecule has 8 nitrogen and oxygen atoms in total. The van der Waals surface area contributed by atoms with Gasteiger partial charge in [-0.2, -0.15) is 0 Å². The van der Waals surface area contributed by atoms with E-state index in [9.17, 15) is 18.8 Å². The number of amides is 2.